The molecule has 0 bridgehead atoms. The summed E-state index contributed by atoms with van der Waals surface area (Å²) >= 11 is 0. The Morgan fingerprint density at radius 3 is 2.68 bits per heavy atom. The molecule has 1 unspecified atom stereocenters. The van der Waals surface area contributed by atoms with Crippen molar-refractivity contribution in [3.8, 4) is 28.5 Å². The van der Waals surface area contributed by atoms with E-state index >= 15 is 0 Å². The van der Waals surface area contributed by atoms with Gasteiger partial charge in [-0.3, -0.25) is 4.98 Å². The zero-order valence-electron chi connectivity index (χ0n) is 16.3. The van der Waals surface area contributed by atoms with E-state index in [9.17, 15) is 5.11 Å². The van der Waals surface area contributed by atoms with Gasteiger partial charge in [-0.15, -0.1) is 0 Å². The lowest BCUT2D eigenvalue weighted by Gasteiger charge is -2.20. The first-order chi connectivity index (χ1) is 13.6. The third-order valence-electron chi connectivity index (χ3n) is 4.51. The van der Waals surface area contributed by atoms with Crippen LogP contribution in [-0.2, 0) is 0 Å². The van der Waals surface area contributed by atoms with Crippen molar-refractivity contribution in [1.29, 1.82) is 0 Å². The molecule has 0 amide bonds. The van der Waals surface area contributed by atoms with Crippen LogP contribution < -0.4 is 14.8 Å². The maximum Gasteiger partial charge on any atom is 0.161 e. The number of phenols is 1. The normalized spacial score (nSPS) is 11.7. The van der Waals surface area contributed by atoms with Crippen LogP contribution in [0.1, 0.15) is 31.4 Å². The second-order valence-corrected chi connectivity index (χ2v) is 6.44. The van der Waals surface area contributed by atoms with Gasteiger partial charge >= 0.3 is 0 Å². The van der Waals surface area contributed by atoms with Crippen LogP contribution >= 0.6 is 0 Å². The van der Waals surface area contributed by atoms with Crippen molar-refractivity contribution in [2.24, 2.45) is 0 Å². The van der Waals surface area contributed by atoms with E-state index in [4.69, 9.17) is 14.5 Å². The molecule has 0 aliphatic rings. The largest absolute Gasteiger partial charge is 0.504 e. The first kappa shape index (κ1) is 19.5. The maximum atomic E-state index is 9.80. The molecular weight excluding hydrogens is 354 g/mol. The molecule has 0 saturated carbocycles. The van der Waals surface area contributed by atoms with E-state index in [2.05, 4.69) is 23.3 Å². The Morgan fingerprint density at radius 1 is 1.07 bits per heavy atom. The number of rotatable bonds is 8. The van der Waals surface area contributed by atoms with Gasteiger partial charge in [-0.2, -0.15) is 0 Å². The van der Waals surface area contributed by atoms with E-state index in [1.54, 1.807) is 37.7 Å². The number of nitrogens with zero attached hydrogens (tertiary/aromatic N) is 2. The van der Waals surface area contributed by atoms with E-state index in [0.29, 0.717) is 17.3 Å². The molecule has 0 spiro atoms. The molecule has 3 aromatic rings. The molecule has 2 N–H and O–H groups in total. The molecule has 0 saturated heterocycles. The molecule has 2 aromatic carbocycles. The van der Waals surface area contributed by atoms with Gasteiger partial charge in [0.15, 0.2) is 11.5 Å². The number of ether oxygens (including phenoxy) is 2. The molecule has 0 fully saturated rings. The number of benzene rings is 2. The monoisotopic (exact) mass is 379 g/mol. The highest BCUT2D eigenvalue weighted by Gasteiger charge is 2.13. The molecule has 28 heavy (non-hydrogen) atoms. The summed E-state index contributed by atoms with van der Waals surface area (Å²) in [5, 5.41) is 13.3. The predicted molar refractivity (Wildman–Crippen MR) is 110 cm³/mol. The summed E-state index contributed by atoms with van der Waals surface area (Å²) < 4.78 is 10.5. The lowest BCUT2D eigenvalue weighted by Crippen LogP contribution is -2.12. The van der Waals surface area contributed by atoms with Crippen molar-refractivity contribution in [2.75, 3.05) is 19.5 Å². The molecule has 146 valence electrons. The Kier molecular flexibility index (Phi) is 6.32. The number of anilines is 1. The molecule has 1 heterocycles. The summed E-state index contributed by atoms with van der Waals surface area (Å²) in [6, 6.07) is 13.3. The van der Waals surface area contributed by atoms with Crippen LogP contribution in [0.3, 0.4) is 0 Å². The highest BCUT2D eigenvalue weighted by Crippen LogP contribution is 2.31. The topological polar surface area (TPSA) is 76.5 Å². The fourth-order valence-corrected chi connectivity index (χ4v) is 3.06. The van der Waals surface area contributed by atoms with Crippen LogP contribution in [0.4, 0.5) is 5.82 Å². The van der Waals surface area contributed by atoms with E-state index in [0.717, 1.165) is 29.7 Å². The average Bonchev–Trinajstić information content (AvgIpc) is 2.74. The molecule has 1 atom stereocenters. The third-order valence-corrected chi connectivity index (χ3v) is 4.51. The van der Waals surface area contributed by atoms with Gasteiger partial charge in [0, 0.05) is 5.56 Å². The number of nitrogens with one attached hydrogen (secondary N) is 1. The minimum atomic E-state index is 0.0922. The third kappa shape index (κ3) is 4.52. The quantitative estimate of drug-likeness (QED) is 0.584. The number of aromatic nitrogens is 2. The zero-order valence-corrected chi connectivity index (χ0v) is 16.3. The van der Waals surface area contributed by atoms with Crippen molar-refractivity contribution in [2.45, 2.75) is 25.8 Å². The lowest BCUT2D eigenvalue weighted by atomic mass is 10.0. The van der Waals surface area contributed by atoms with Gasteiger partial charge in [0.25, 0.3) is 0 Å². The first-order valence-corrected chi connectivity index (χ1v) is 9.24. The second kappa shape index (κ2) is 9.08. The van der Waals surface area contributed by atoms with Crippen molar-refractivity contribution in [1.82, 2.24) is 9.97 Å². The smallest absolute Gasteiger partial charge is 0.161 e. The summed E-state index contributed by atoms with van der Waals surface area (Å²) in [6.45, 7) is 2.15. The molecule has 0 aliphatic heterocycles. The van der Waals surface area contributed by atoms with E-state index in [1.807, 2.05) is 18.2 Å². The molecule has 6 nitrogen and oxygen atoms in total. The number of hydrogen-bond acceptors (Lipinski definition) is 6. The van der Waals surface area contributed by atoms with Gasteiger partial charge in [-0.25, -0.2) is 4.98 Å². The fraction of sp³-hybridized carbons (Fsp3) is 0.273. The molecule has 3 rings (SSSR count). The SMILES string of the molecule is CCCC(Nc1cncc(-c2ccc(O)c(OC)c2)n1)c1cccc(OC)c1. The Morgan fingerprint density at radius 2 is 1.93 bits per heavy atom. The van der Waals surface area contributed by atoms with Gasteiger partial charge in [0.1, 0.15) is 11.6 Å². The van der Waals surface area contributed by atoms with Crippen molar-refractivity contribution in [3.05, 3.63) is 60.4 Å². The highest BCUT2D eigenvalue weighted by molar-refractivity contribution is 5.64. The molecule has 6 heteroatoms. The van der Waals surface area contributed by atoms with Crippen molar-refractivity contribution < 1.29 is 14.6 Å². The Labute approximate surface area is 165 Å². The lowest BCUT2D eigenvalue weighted by molar-refractivity contribution is 0.373. The van der Waals surface area contributed by atoms with Crippen LogP contribution in [-0.4, -0.2) is 29.3 Å². The van der Waals surface area contributed by atoms with Gasteiger partial charge in [0.2, 0.25) is 0 Å². The summed E-state index contributed by atoms with van der Waals surface area (Å²) in [7, 11) is 3.19. The predicted octanol–water partition coefficient (Wildman–Crippen LogP) is 4.82. The van der Waals surface area contributed by atoms with E-state index in [-0.39, 0.29) is 11.8 Å². The summed E-state index contributed by atoms with van der Waals surface area (Å²) in [5.41, 5.74) is 2.66. The number of phenolic OH excluding ortho intramolecular Hbond substituents is 1. The number of methoxy groups -OCH3 is 2. The average molecular weight is 379 g/mol. The first-order valence-electron chi connectivity index (χ1n) is 9.24. The highest BCUT2D eigenvalue weighted by atomic mass is 16.5. The summed E-state index contributed by atoms with van der Waals surface area (Å²) in [5.74, 6) is 2.01. The summed E-state index contributed by atoms with van der Waals surface area (Å²) in [4.78, 5) is 9.02. The molecule has 1 aromatic heterocycles. The van der Waals surface area contributed by atoms with E-state index < -0.39 is 0 Å². The van der Waals surface area contributed by atoms with Crippen LogP contribution in [0.15, 0.2) is 54.9 Å². The Bertz CT molecular complexity index is 930. The van der Waals surface area contributed by atoms with Gasteiger partial charge in [-0.05, 0) is 42.3 Å². The van der Waals surface area contributed by atoms with Crippen LogP contribution in [0, 0.1) is 0 Å². The zero-order chi connectivity index (χ0) is 19.9. The van der Waals surface area contributed by atoms with Crippen molar-refractivity contribution >= 4 is 5.82 Å². The van der Waals surface area contributed by atoms with Gasteiger partial charge in [0.05, 0.1) is 38.3 Å². The second-order valence-electron chi connectivity index (χ2n) is 6.44. The van der Waals surface area contributed by atoms with Gasteiger partial charge in [-0.1, -0.05) is 25.5 Å². The minimum Gasteiger partial charge on any atom is -0.504 e. The minimum absolute atomic E-state index is 0.0922. The molecular formula is C22H25N3O3. The number of aromatic hydroxyl groups is 1. The number of hydrogen-bond donors (Lipinski definition) is 2. The van der Waals surface area contributed by atoms with E-state index in [1.165, 1.54) is 7.11 Å². The van der Waals surface area contributed by atoms with Gasteiger partial charge < -0.3 is 19.9 Å². The standard InChI is InChI=1S/C22H25N3O3/c1-4-6-18(15-7-5-8-17(11-15)27-2)24-22-14-23-13-19(25-22)16-9-10-20(26)21(12-16)28-3/h5,7-14,18,26H,4,6H2,1-3H3,(H,24,25). The fourth-order valence-electron chi connectivity index (χ4n) is 3.06. The Balaban J connectivity index is 1.87. The van der Waals surface area contributed by atoms with Crippen LogP contribution in [0.2, 0.25) is 0 Å². The molecule has 0 radical (unpaired) electrons. The Hall–Kier alpha value is -3.28. The summed E-state index contributed by atoms with van der Waals surface area (Å²) in [6.07, 6.45) is 5.38. The van der Waals surface area contributed by atoms with Crippen molar-refractivity contribution in [3.63, 3.8) is 0 Å². The van der Waals surface area contributed by atoms with Crippen LogP contribution in [0.25, 0.3) is 11.3 Å². The van der Waals surface area contributed by atoms with Crippen LogP contribution in [0.5, 0.6) is 17.2 Å². The molecule has 0 aliphatic carbocycles. The maximum absolute atomic E-state index is 9.80.